The maximum atomic E-state index is 12.3. The molecular formula is C12H14N2O7S. The highest BCUT2D eigenvalue weighted by Crippen LogP contribution is 2.28. The lowest BCUT2D eigenvalue weighted by atomic mass is 10.1. The van der Waals surface area contributed by atoms with Crippen molar-refractivity contribution in [2.45, 2.75) is 6.04 Å². The predicted molar refractivity (Wildman–Crippen MR) is 74.1 cm³/mol. The van der Waals surface area contributed by atoms with Gasteiger partial charge < -0.3 is 14.8 Å². The largest absolute Gasteiger partial charge is 0.496 e. The van der Waals surface area contributed by atoms with Crippen LogP contribution in [0.1, 0.15) is 10.4 Å². The average molecular weight is 330 g/mol. The van der Waals surface area contributed by atoms with Gasteiger partial charge in [0.15, 0.2) is 0 Å². The Morgan fingerprint density at radius 3 is 2.27 bits per heavy atom. The van der Waals surface area contributed by atoms with Crippen molar-refractivity contribution < 1.29 is 32.0 Å². The van der Waals surface area contributed by atoms with E-state index in [2.05, 4.69) is 5.32 Å². The smallest absolute Gasteiger partial charge is 0.362 e. The average Bonchev–Trinajstić information content (AvgIpc) is 2.47. The zero-order valence-electron chi connectivity index (χ0n) is 11.8. The Hall–Kier alpha value is -2.33. The summed E-state index contributed by atoms with van der Waals surface area (Å²) in [6.45, 7) is -0.332. The van der Waals surface area contributed by atoms with Gasteiger partial charge in [0.2, 0.25) is 0 Å². The molecule has 0 saturated carbocycles. The van der Waals surface area contributed by atoms with E-state index in [0.29, 0.717) is 0 Å². The molecule has 2 amide bonds. The van der Waals surface area contributed by atoms with E-state index in [0.717, 1.165) is 0 Å². The lowest BCUT2D eigenvalue weighted by Crippen LogP contribution is -2.65. The van der Waals surface area contributed by atoms with E-state index < -0.39 is 28.2 Å². The molecule has 9 nitrogen and oxygen atoms in total. The van der Waals surface area contributed by atoms with Crippen molar-refractivity contribution in [3.63, 3.8) is 0 Å². The van der Waals surface area contributed by atoms with Gasteiger partial charge in [0.25, 0.3) is 11.8 Å². The zero-order chi connectivity index (χ0) is 16.5. The fraction of sp³-hybridized carbons (Fsp3) is 0.333. The molecule has 2 N–H and O–H groups in total. The lowest BCUT2D eigenvalue weighted by Gasteiger charge is -2.35. The Balaban J connectivity index is 2.17. The van der Waals surface area contributed by atoms with Gasteiger partial charge in [0.1, 0.15) is 23.1 Å². The van der Waals surface area contributed by atoms with Crippen LogP contribution in [0.5, 0.6) is 11.5 Å². The topological polar surface area (TPSA) is 122 Å². The Labute approximate surface area is 126 Å². The Morgan fingerprint density at radius 1 is 1.32 bits per heavy atom. The molecule has 2 rings (SSSR count). The third-order valence-electron chi connectivity index (χ3n) is 3.13. The number of rotatable bonds is 5. The molecular weight excluding hydrogens is 316 g/mol. The van der Waals surface area contributed by atoms with Crippen LogP contribution >= 0.6 is 0 Å². The lowest BCUT2D eigenvalue weighted by molar-refractivity contribution is -0.136. The van der Waals surface area contributed by atoms with Gasteiger partial charge in [0.05, 0.1) is 20.8 Å². The molecule has 0 unspecified atom stereocenters. The van der Waals surface area contributed by atoms with Gasteiger partial charge in [-0.25, -0.2) is 4.31 Å². The molecule has 1 heterocycles. The first-order valence-corrected chi connectivity index (χ1v) is 7.50. The van der Waals surface area contributed by atoms with E-state index >= 15 is 0 Å². The summed E-state index contributed by atoms with van der Waals surface area (Å²) in [7, 11) is -1.84. The molecule has 22 heavy (non-hydrogen) atoms. The van der Waals surface area contributed by atoms with Crippen LogP contribution in [0.3, 0.4) is 0 Å². The zero-order valence-corrected chi connectivity index (χ0v) is 12.6. The number of nitrogens with zero attached hydrogens (tertiary/aromatic N) is 1. The van der Waals surface area contributed by atoms with E-state index in [1.165, 1.54) is 14.2 Å². The fourth-order valence-corrected chi connectivity index (χ4v) is 2.71. The molecule has 1 aromatic rings. The summed E-state index contributed by atoms with van der Waals surface area (Å²) >= 11 is 0. The molecule has 1 aromatic carbocycles. The number of carbonyl (C=O) groups is 2. The first-order chi connectivity index (χ1) is 10.3. The van der Waals surface area contributed by atoms with Gasteiger partial charge in [-0.05, 0) is 12.1 Å². The summed E-state index contributed by atoms with van der Waals surface area (Å²) in [4.78, 5) is 23.8. The maximum Gasteiger partial charge on any atom is 0.362 e. The highest BCUT2D eigenvalue weighted by Gasteiger charge is 2.44. The van der Waals surface area contributed by atoms with Crippen LogP contribution in [0, 0.1) is 0 Å². The molecule has 0 bridgehead atoms. The molecule has 0 aromatic heterocycles. The molecule has 1 saturated heterocycles. The SMILES string of the molecule is COc1cccc(OC)c1C(=O)N[C@H]1CN(S(=O)(=O)O)C1=O. The number of hydrogen-bond donors (Lipinski definition) is 2. The summed E-state index contributed by atoms with van der Waals surface area (Å²) in [6, 6.07) is 3.68. The molecule has 1 fully saturated rings. The van der Waals surface area contributed by atoms with Crippen LogP contribution in [-0.2, 0) is 15.1 Å². The monoisotopic (exact) mass is 330 g/mol. The van der Waals surface area contributed by atoms with E-state index in [4.69, 9.17) is 14.0 Å². The normalized spacial score (nSPS) is 17.7. The van der Waals surface area contributed by atoms with E-state index in [1.807, 2.05) is 0 Å². The highest BCUT2D eigenvalue weighted by atomic mass is 32.2. The summed E-state index contributed by atoms with van der Waals surface area (Å²) in [6.07, 6.45) is 0. The van der Waals surface area contributed by atoms with Crippen LogP contribution in [0.15, 0.2) is 18.2 Å². The van der Waals surface area contributed by atoms with Crippen LogP contribution in [0.25, 0.3) is 0 Å². The predicted octanol–water partition coefficient (Wildman–Crippen LogP) is -0.553. The minimum Gasteiger partial charge on any atom is -0.496 e. The van der Waals surface area contributed by atoms with Crippen LogP contribution in [0.2, 0.25) is 0 Å². The number of amides is 2. The second-order valence-electron chi connectivity index (χ2n) is 4.41. The Kier molecular flexibility index (Phi) is 4.24. The summed E-state index contributed by atoms with van der Waals surface area (Å²) in [5.41, 5.74) is 0.0885. The van der Waals surface area contributed by atoms with Crippen molar-refractivity contribution in [1.82, 2.24) is 9.62 Å². The minimum absolute atomic E-state index is 0.0885. The van der Waals surface area contributed by atoms with Crippen molar-refractivity contribution in [3.8, 4) is 11.5 Å². The van der Waals surface area contributed by atoms with Crippen molar-refractivity contribution >= 4 is 22.1 Å². The molecule has 1 atom stereocenters. The molecule has 120 valence electrons. The van der Waals surface area contributed by atoms with Gasteiger partial charge in [-0.15, -0.1) is 0 Å². The fourth-order valence-electron chi connectivity index (χ4n) is 2.02. The molecule has 1 aliphatic rings. The molecule has 1 aliphatic heterocycles. The highest BCUT2D eigenvalue weighted by molar-refractivity contribution is 7.84. The summed E-state index contributed by atoms with van der Waals surface area (Å²) < 4.78 is 40.8. The maximum absolute atomic E-state index is 12.3. The summed E-state index contributed by atoms with van der Waals surface area (Å²) in [5, 5.41) is 2.37. The standard InChI is InChI=1S/C12H14N2O7S/c1-20-8-4-3-5-9(21-2)10(8)11(15)13-7-6-14(12(7)16)22(17,18)19/h3-5,7H,6H2,1-2H3,(H,13,15)(H,17,18,19)/t7-/m0/s1. The van der Waals surface area contributed by atoms with Gasteiger partial charge in [-0.3, -0.25) is 14.1 Å². The number of β-lactam (4-membered cyclic amide) rings is 1. The van der Waals surface area contributed by atoms with E-state index in [-0.39, 0.29) is 27.9 Å². The third-order valence-corrected chi connectivity index (χ3v) is 4.02. The second kappa shape index (κ2) is 5.81. The van der Waals surface area contributed by atoms with Gasteiger partial charge in [-0.1, -0.05) is 6.07 Å². The van der Waals surface area contributed by atoms with Crippen LogP contribution in [-0.4, -0.2) is 55.9 Å². The molecule has 0 spiro atoms. The molecule has 0 aliphatic carbocycles. The second-order valence-corrected chi connectivity index (χ2v) is 5.75. The van der Waals surface area contributed by atoms with Crippen LogP contribution in [0.4, 0.5) is 0 Å². The van der Waals surface area contributed by atoms with Gasteiger partial charge in [-0.2, -0.15) is 8.42 Å². The Morgan fingerprint density at radius 2 is 1.86 bits per heavy atom. The third kappa shape index (κ3) is 2.83. The van der Waals surface area contributed by atoms with E-state index in [9.17, 15) is 18.0 Å². The number of ether oxygens (including phenoxy) is 2. The number of hydrogen-bond acceptors (Lipinski definition) is 6. The van der Waals surface area contributed by atoms with Crippen LogP contribution < -0.4 is 14.8 Å². The van der Waals surface area contributed by atoms with Crippen molar-refractivity contribution in [2.75, 3.05) is 20.8 Å². The van der Waals surface area contributed by atoms with Crippen molar-refractivity contribution in [1.29, 1.82) is 0 Å². The number of nitrogens with one attached hydrogen (secondary N) is 1. The minimum atomic E-state index is -4.59. The molecule has 10 heteroatoms. The van der Waals surface area contributed by atoms with Crippen molar-refractivity contribution in [2.24, 2.45) is 0 Å². The number of benzene rings is 1. The Bertz CT molecular complexity index is 694. The summed E-state index contributed by atoms with van der Waals surface area (Å²) in [5.74, 6) is -1.07. The molecule has 0 radical (unpaired) electrons. The van der Waals surface area contributed by atoms with Crippen molar-refractivity contribution in [3.05, 3.63) is 23.8 Å². The van der Waals surface area contributed by atoms with Gasteiger partial charge in [0, 0.05) is 0 Å². The first-order valence-electron chi connectivity index (χ1n) is 6.10. The quantitative estimate of drug-likeness (QED) is 0.548. The number of carbonyl (C=O) groups excluding carboxylic acids is 2. The first kappa shape index (κ1) is 16.0. The number of methoxy groups -OCH3 is 2. The van der Waals surface area contributed by atoms with Gasteiger partial charge >= 0.3 is 10.3 Å². The van der Waals surface area contributed by atoms with E-state index in [1.54, 1.807) is 18.2 Å².